The second kappa shape index (κ2) is 11.8. The van der Waals surface area contributed by atoms with E-state index in [2.05, 4.69) is 0 Å². The van der Waals surface area contributed by atoms with Gasteiger partial charge in [-0.25, -0.2) is 0 Å². The summed E-state index contributed by atoms with van der Waals surface area (Å²) in [7, 11) is 0. The first-order valence-corrected chi connectivity index (χ1v) is 2.74. The van der Waals surface area contributed by atoms with E-state index in [1.165, 1.54) is 0 Å². The molecule has 0 spiro atoms. The molecule has 0 fully saturated rings. The van der Waals surface area contributed by atoms with Gasteiger partial charge in [-0.05, 0) is 6.42 Å². The maximum atomic E-state index is 9.99. The van der Waals surface area contributed by atoms with E-state index in [1.54, 1.807) is 0 Å². The summed E-state index contributed by atoms with van der Waals surface area (Å²) < 4.78 is 0. The number of halogens is 3. The minimum absolute atomic E-state index is 0. The lowest BCUT2D eigenvalue weighted by atomic mass is 10.2. The maximum Gasteiger partial charge on any atom is 0.320 e. The highest BCUT2D eigenvalue weighted by molar-refractivity contribution is 5.86. The lowest BCUT2D eigenvalue weighted by Gasteiger charge is -2.01. The summed E-state index contributed by atoms with van der Waals surface area (Å²) in [6.07, 6.45) is -0.224. The minimum Gasteiger partial charge on any atom is -0.481 e. The Bertz CT molecular complexity index is 155. The number of aliphatic carboxylic acids is 2. The van der Waals surface area contributed by atoms with Crippen LogP contribution in [-0.4, -0.2) is 28.2 Å². The molecule has 0 bridgehead atoms. The maximum absolute atomic E-state index is 9.99. The topological polar surface area (TPSA) is 101 Å². The predicted octanol–water partition coefficient (Wildman–Crippen LogP) is 0.529. The van der Waals surface area contributed by atoms with Gasteiger partial charge in [-0.1, -0.05) is 0 Å². The first-order chi connectivity index (χ1) is 4.54. The molecule has 0 aromatic rings. The molecule has 82 valence electrons. The van der Waals surface area contributed by atoms with Gasteiger partial charge >= 0.3 is 11.9 Å². The van der Waals surface area contributed by atoms with Crippen LogP contribution in [-0.2, 0) is 9.59 Å². The number of hydrogen-bond donors (Lipinski definition) is 3. The number of nitrogens with two attached hydrogens (primary N) is 1. The summed E-state index contributed by atoms with van der Waals surface area (Å²) in [5.41, 5.74) is 5.00. The van der Waals surface area contributed by atoms with E-state index in [0.29, 0.717) is 0 Å². The van der Waals surface area contributed by atoms with E-state index in [-0.39, 0.29) is 50.1 Å². The molecule has 5 nitrogen and oxygen atoms in total. The van der Waals surface area contributed by atoms with Crippen molar-refractivity contribution in [3.63, 3.8) is 0 Å². The molecule has 0 aromatic carbocycles. The average molecular weight is 257 g/mol. The van der Waals surface area contributed by atoms with Gasteiger partial charge in [0.1, 0.15) is 6.04 Å². The highest BCUT2D eigenvalue weighted by atomic mass is 35.5. The highest BCUT2D eigenvalue weighted by Crippen LogP contribution is 1.93. The molecule has 0 aromatic heterocycles. The van der Waals surface area contributed by atoms with E-state index in [0.717, 1.165) is 0 Å². The van der Waals surface area contributed by atoms with E-state index in [9.17, 15) is 9.59 Å². The fourth-order valence-electron chi connectivity index (χ4n) is 0.402. The molecule has 13 heavy (non-hydrogen) atoms. The van der Waals surface area contributed by atoms with Crippen LogP contribution in [0, 0.1) is 0 Å². The summed E-state index contributed by atoms with van der Waals surface area (Å²) in [6.45, 7) is 0. The zero-order valence-corrected chi connectivity index (χ0v) is 8.95. The molecular weight excluding hydrogens is 244 g/mol. The first-order valence-electron chi connectivity index (χ1n) is 2.74. The van der Waals surface area contributed by atoms with Gasteiger partial charge in [0.25, 0.3) is 0 Å². The molecule has 0 aliphatic carbocycles. The summed E-state index contributed by atoms with van der Waals surface area (Å²) in [4.78, 5) is 19.9. The Morgan fingerprint density at radius 2 is 1.54 bits per heavy atom. The third kappa shape index (κ3) is 14.6. The summed E-state index contributed by atoms with van der Waals surface area (Å²) in [5, 5.41) is 16.3. The van der Waals surface area contributed by atoms with Crippen LogP contribution in [0.1, 0.15) is 12.8 Å². The van der Waals surface area contributed by atoms with Crippen LogP contribution < -0.4 is 5.73 Å². The second-order valence-corrected chi connectivity index (χ2v) is 1.88. The van der Waals surface area contributed by atoms with Gasteiger partial charge in [0.15, 0.2) is 0 Å². The van der Waals surface area contributed by atoms with Crippen LogP contribution in [0.25, 0.3) is 0 Å². The monoisotopic (exact) mass is 255 g/mol. The van der Waals surface area contributed by atoms with Crippen molar-refractivity contribution in [3.05, 3.63) is 0 Å². The molecule has 1 atom stereocenters. The van der Waals surface area contributed by atoms with Crippen molar-refractivity contribution in [2.45, 2.75) is 18.9 Å². The van der Waals surface area contributed by atoms with Gasteiger partial charge in [0, 0.05) is 6.42 Å². The van der Waals surface area contributed by atoms with E-state index in [4.69, 9.17) is 15.9 Å². The van der Waals surface area contributed by atoms with Gasteiger partial charge in [-0.15, -0.1) is 37.2 Å². The van der Waals surface area contributed by atoms with Crippen molar-refractivity contribution in [3.8, 4) is 0 Å². The van der Waals surface area contributed by atoms with Gasteiger partial charge in [-0.2, -0.15) is 0 Å². The third-order valence-electron chi connectivity index (χ3n) is 0.986. The van der Waals surface area contributed by atoms with E-state index < -0.39 is 18.0 Å². The largest absolute Gasteiger partial charge is 0.481 e. The van der Waals surface area contributed by atoms with Gasteiger partial charge in [-0.3, -0.25) is 9.59 Å². The summed E-state index contributed by atoms with van der Waals surface area (Å²) >= 11 is 0. The predicted molar refractivity (Wildman–Crippen MR) is 54.2 cm³/mol. The molecule has 0 rings (SSSR count). The van der Waals surface area contributed by atoms with Crippen LogP contribution >= 0.6 is 37.2 Å². The minimum atomic E-state index is -1.17. The smallest absolute Gasteiger partial charge is 0.320 e. The van der Waals surface area contributed by atoms with Gasteiger partial charge < -0.3 is 15.9 Å². The Morgan fingerprint density at radius 1 is 1.15 bits per heavy atom. The quantitative estimate of drug-likeness (QED) is 0.681. The Labute approximate surface area is 93.9 Å². The highest BCUT2D eigenvalue weighted by Gasteiger charge is 2.12. The molecule has 4 N–H and O–H groups in total. The number of rotatable bonds is 4. The number of carbonyl (C=O) groups is 2. The number of carboxylic acid groups (broad SMARTS) is 2. The molecule has 1 unspecified atom stereocenters. The van der Waals surface area contributed by atoms with Crippen LogP contribution in [0.15, 0.2) is 0 Å². The Kier molecular flexibility index (Phi) is 20.8. The normalized spacial score (nSPS) is 9.62. The molecule has 0 amide bonds. The van der Waals surface area contributed by atoms with Gasteiger partial charge in [0.05, 0.1) is 0 Å². The van der Waals surface area contributed by atoms with Crippen molar-refractivity contribution in [2.24, 2.45) is 5.73 Å². The van der Waals surface area contributed by atoms with Gasteiger partial charge in [0.2, 0.25) is 0 Å². The molecule has 0 heterocycles. The molecule has 0 radical (unpaired) electrons. The lowest BCUT2D eigenvalue weighted by molar-refractivity contribution is -0.139. The molecule has 0 saturated carbocycles. The SMILES string of the molecule is Cl.Cl.Cl.NC(CCC(=O)O)C(=O)O. The summed E-state index contributed by atoms with van der Waals surface area (Å²) in [5.74, 6) is -2.20. The van der Waals surface area contributed by atoms with Crippen LogP contribution in [0.2, 0.25) is 0 Å². The Hall–Kier alpha value is -0.230. The molecule has 8 heteroatoms. The number of hydrogen-bond acceptors (Lipinski definition) is 3. The zero-order chi connectivity index (χ0) is 8.15. The fourth-order valence-corrected chi connectivity index (χ4v) is 0.402. The lowest BCUT2D eigenvalue weighted by Crippen LogP contribution is -2.30. The standard InChI is InChI=1S/C5H9NO4.3ClH/c6-3(5(9)10)1-2-4(7)8;;;/h3H,1-2,6H2,(H,7,8)(H,9,10);3*1H. The van der Waals surface area contributed by atoms with Crippen molar-refractivity contribution >= 4 is 49.2 Å². The Morgan fingerprint density at radius 3 is 1.77 bits per heavy atom. The number of carboxylic acids is 2. The van der Waals surface area contributed by atoms with Crippen molar-refractivity contribution in [1.29, 1.82) is 0 Å². The average Bonchev–Trinajstić information content (AvgIpc) is 1.82. The Balaban J connectivity index is -0.000000135. The molecule has 0 saturated heterocycles. The molecule has 0 aliphatic heterocycles. The molecule has 0 aliphatic rings. The van der Waals surface area contributed by atoms with Crippen LogP contribution in [0.5, 0.6) is 0 Å². The third-order valence-corrected chi connectivity index (χ3v) is 0.986. The second-order valence-electron chi connectivity index (χ2n) is 1.88. The fraction of sp³-hybridized carbons (Fsp3) is 0.600. The zero-order valence-electron chi connectivity index (χ0n) is 6.50. The van der Waals surface area contributed by atoms with E-state index in [1.807, 2.05) is 0 Å². The first kappa shape index (κ1) is 23.0. The van der Waals surface area contributed by atoms with Crippen molar-refractivity contribution in [2.75, 3.05) is 0 Å². The van der Waals surface area contributed by atoms with E-state index >= 15 is 0 Å². The molecular formula is C5H12Cl3NO4. The van der Waals surface area contributed by atoms with Crippen LogP contribution in [0.3, 0.4) is 0 Å². The van der Waals surface area contributed by atoms with Crippen molar-refractivity contribution < 1.29 is 19.8 Å². The van der Waals surface area contributed by atoms with Crippen molar-refractivity contribution in [1.82, 2.24) is 0 Å². The summed E-state index contributed by atoms with van der Waals surface area (Å²) in [6, 6.07) is -1.06. The van der Waals surface area contributed by atoms with Crippen LogP contribution in [0.4, 0.5) is 0 Å².